The molecule has 0 aliphatic carbocycles. The van der Waals surface area contributed by atoms with Gasteiger partial charge < -0.3 is 5.32 Å². The Morgan fingerprint density at radius 1 is 1.00 bits per heavy atom. The van der Waals surface area contributed by atoms with Crippen LogP contribution in [0, 0.1) is 27.7 Å². The van der Waals surface area contributed by atoms with Gasteiger partial charge in [0.1, 0.15) is 0 Å². The van der Waals surface area contributed by atoms with Crippen molar-refractivity contribution in [1.82, 2.24) is 5.32 Å². The van der Waals surface area contributed by atoms with Gasteiger partial charge in [-0.25, -0.2) is 0 Å². The standard InChI is InChI=1S/C18H22ClN/c1-11-9-12(2)17(13(3)10-11)18(20-5)15-7-6-8-16(19)14(15)4/h6-10,18,20H,1-5H3. The second-order valence-corrected chi connectivity index (χ2v) is 5.90. The highest BCUT2D eigenvalue weighted by molar-refractivity contribution is 6.31. The highest BCUT2D eigenvalue weighted by Crippen LogP contribution is 2.32. The van der Waals surface area contributed by atoms with Crippen LogP contribution in [0.4, 0.5) is 0 Å². The van der Waals surface area contributed by atoms with E-state index in [-0.39, 0.29) is 6.04 Å². The molecule has 1 N–H and O–H groups in total. The predicted molar refractivity (Wildman–Crippen MR) is 87.7 cm³/mol. The number of rotatable bonds is 3. The lowest BCUT2D eigenvalue weighted by molar-refractivity contribution is 0.679. The molecule has 0 fully saturated rings. The summed E-state index contributed by atoms with van der Waals surface area (Å²) in [5.74, 6) is 0. The number of nitrogens with one attached hydrogen (secondary N) is 1. The molecule has 0 aliphatic rings. The van der Waals surface area contributed by atoms with Crippen molar-refractivity contribution in [2.45, 2.75) is 33.7 Å². The molecule has 1 unspecified atom stereocenters. The molecule has 2 heteroatoms. The maximum absolute atomic E-state index is 6.28. The predicted octanol–water partition coefficient (Wildman–Crippen LogP) is 4.88. The van der Waals surface area contributed by atoms with Crippen molar-refractivity contribution in [3.05, 3.63) is 68.7 Å². The van der Waals surface area contributed by atoms with Crippen LogP contribution in [0.1, 0.15) is 39.4 Å². The van der Waals surface area contributed by atoms with E-state index in [0.717, 1.165) is 10.6 Å². The first-order chi connectivity index (χ1) is 9.45. The molecule has 2 aromatic rings. The van der Waals surface area contributed by atoms with E-state index in [1.165, 1.54) is 27.8 Å². The molecule has 0 heterocycles. The number of benzene rings is 2. The van der Waals surface area contributed by atoms with Gasteiger partial charge in [-0.1, -0.05) is 41.4 Å². The Kier molecular flexibility index (Phi) is 4.52. The third-order valence-corrected chi connectivity index (χ3v) is 4.35. The van der Waals surface area contributed by atoms with E-state index in [0.29, 0.717) is 0 Å². The molecule has 106 valence electrons. The number of hydrogen-bond donors (Lipinski definition) is 1. The molecule has 0 saturated heterocycles. The SMILES string of the molecule is CNC(c1cccc(Cl)c1C)c1c(C)cc(C)cc1C. The molecule has 2 rings (SSSR count). The van der Waals surface area contributed by atoms with Crippen LogP contribution in [0.3, 0.4) is 0 Å². The Balaban J connectivity index is 2.62. The zero-order valence-electron chi connectivity index (χ0n) is 12.8. The lowest BCUT2D eigenvalue weighted by Crippen LogP contribution is -2.21. The van der Waals surface area contributed by atoms with Gasteiger partial charge in [0.2, 0.25) is 0 Å². The molecule has 20 heavy (non-hydrogen) atoms. The van der Waals surface area contributed by atoms with Gasteiger partial charge in [0.15, 0.2) is 0 Å². The lowest BCUT2D eigenvalue weighted by Gasteiger charge is -2.24. The maximum atomic E-state index is 6.28. The fourth-order valence-corrected chi connectivity index (χ4v) is 3.22. The third kappa shape index (κ3) is 2.74. The molecule has 1 atom stereocenters. The Morgan fingerprint density at radius 2 is 1.60 bits per heavy atom. The average molecular weight is 288 g/mol. The molecular weight excluding hydrogens is 266 g/mol. The second-order valence-electron chi connectivity index (χ2n) is 5.49. The van der Waals surface area contributed by atoms with Crippen molar-refractivity contribution in [2.75, 3.05) is 7.05 Å². The highest BCUT2D eigenvalue weighted by Gasteiger charge is 2.19. The molecular formula is C18H22ClN. The van der Waals surface area contributed by atoms with Gasteiger partial charge in [0, 0.05) is 5.02 Å². The van der Waals surface area contributed by atoms with Gasteiger partial charge in [-0.15, -0.1) is 0 Å². The van der Waals surface area contributed by atoms with Crippen molar-refractivity contribution >= 4 is 11.6 Å². The minimum atomic E-state index is 0.175. The van der Waals surface area contributed by atoms with Gasteiger partial charge in [0.25, 0.3) is 0 Å². The van der Waals surface area contributed by atoms with Crippen molar-refractivity contribution < 1.29 is 0 Å². The minimum Gasteiger partial charge on any atom is -0.309 e. The average Bonchev–Trinajstić information content (AvgIpc) is 2.37. The van der Waals surface area contributed by atoms with Crippen molar-refractivity contribution in [3.8, 4) is 0 Å². The number of halogens is 1. The highest BCUT2D eigenvalue weighted by atomic mass is 35.5. The molecule has 0 amide bonds. The number of aryl methyl sites for hydroxylation is 3. The Bertz CT molecular complexity index is 608. The fraction of sp³-hybridized carbons (Fsp3) is 0.333. The smallest absolute Gasteiger partial charge is 0.0582 e. The third-order valence-electron chi connectivity index (χ3n) is 3.94. The topological polar surface area (TPSA) is 12.0 Å². The molecule has 1 nitrogen and oxygen atoms in total. The first-order valence-electron chi connectivity index (χ1n) is 6.95. The summed E-state index contributed by atoms with van der Waals surface area (Å²) in [6, 6.07) is 10.8. The normalized spacial score (nSPS) is 12.5. The van der Waals surface area contributed by atoms with Crippen LogP contribution in [0.5, 0.6) is 0 Å². The Hall–Kier alpha value is -1.31. The van der Waals surface area contributed by atoms with Gasteiger partial charge in [-0.05, 0) is 68.6 Å². The molecule has 0 aliphatic heterocycles. The largest absolute Gasteiger partial charge is 0.309 e. The van der Waals surface area contributed by atoms with Crippen molar-refractivity contribution in [2.24, 2.45) is 0 Å². The van der Waals surface area contributed by atoms with E-state index in [1.807, 2.05) is 19.2 Å². The fourth-order valence-electron chi connectivity index (χ4n) is 3.04. The van der Waals surface area contributed by atoms with E-state index in [1.54, 1.807) is 0 Å². The quantitative estimate of drug-likeness (QED) is 0.848. The first-order valence-corrected chi connectivity index (χ1v) is 7.33. The van der Waals surface area contributed by atoms with Gasteiger partial charge in [0.05, 0.1) is 6.04 Å². The molecule has 0 aromatic heterocycles. The van der Waals surface area contributed by atoms with Crippen LogP contribution in [0.25, 0.3) is 0 Å². The van der Waals surface area contributed by atoms with E-state index >= 15 is 0 Å². The summed E-state index contributed by atoms with van der Waals surface area (Å²) in [4.78, 5) is 0. The zero-order chi connectivity index (χ0) is 14.9. The summed E-state index contributed by atoms with van der Waals surface area (Å²) in [6.45, 7) is 8.59. The summed E-state index contributed by atoms with van der Waals surface area (Å²) in [7, 11) is 2.00. The maximum Gasteiger partial charge on any atom is 0.0582 e. The molecule has 2 aromatic carbocycles. The van der Waals surface area contributed by atoms with E-state index < -0.39 is 0 Å². The monoisotopic (exact) mass is 287 g/mol. The molecule has 0 saturated carbocycles. The van der Waals surface area contributed by atoms with Gasteiger partial charge >= 0.3 is 0 Å². The summed E-state index contributed by atoms with van der Waals surface area (Å²) in [5, 5.41) is 4.27. The summed E-state index contributed by atoms with van der Waals surface area (Å²) in [6.07, 6.45) is 0. The summed E-state index contributed by atoms with van der Waals surface area (Å²) in [5.41, 5.74) is 7.69. The van der Waals surface area contributed by atoms with Gasteiger partial charge in [-0.3, -0.25) is 0 Å². The second kappa shape index (κ2) is 5.99. The van der Waals surface area contributed by atoms with Crippen LogP contribution in [-0.2, 0) is 0 Å². The van der Waals surface area contributed by atoms with E-state index in [9.17, 15) is 0 Å². The first kappa shape index (κ1) is 15.1. The minimum absolute atomic E-state index is 0.175. The van der Waals surface area contributed by atoms with Crippen LogP contribution < -0.4 is 5.32 Å². The van der Waals surface area contributed by atoms with Crippen LogP contribution in [-0.4, -0.2) is 7.05 Å². The van der Waals surface area contributed by atoms with E-state index in [2.05, 4.69) is 51.2 Å². The molecule has 0 radical (unpaired) electrons. The summed E-state index contributed by atoms with van der Waals surface area (Å²) >= 11 is 6.28. The van der Waals surface area contributed by atoms with Crippen LogP contribution in [0.15, 0.2) is 30.3 Å². The van der Waals surface area contributed by atoms with E-state index in [4.69, 9.17) is 11.6 Å². The Labute approximate surface area is 127 Å². The Morgan fingerprint density at radius 3 is 2.15 bits per heavy atom. The summed E-state index contributed by atoms with van der Waals surface area (Å²) < 4.78 is 0. The van der Waals surface area contributed by atoms with Crippen LogP contribution in [0.2, 0.25) is 5.02 Å². The number of hydrogen-bond acceptors (Lipinski definition) is 1. The zero-order valence-corrected chi connectivity index (χ0v) is 13.6. The molecule has 0 spiro atoms. The van der Waals surface area contributed by atoms with Crippen molar-refractivity contribution in [3.63, 3.8) is 0 Å². The lowest BCUT2D eigenvalue weighted by atomic mass is 9.88. The van der Waals surface area contributed by atoms with Crippen molar-refractivity contribution in [1.29, 1.82) is 0 Å². The van der Waals surface area contributed by atoms with Gasteiger partial charge in [-0.2, -0.15) is 0 Å². The molecule has 0 bridgehead atoms. The van der Waals surface area contributed by atoms with Crippen LogP contribution >= 0.6 is 11.6 Å².